The minimum absolute atomic E-state index is 0.0827. The topological polar surface area (TPSA) is 86.2 Å². The number of nitrogens with one attached hydrogen (secondary N) is 1. The van der Waals surface area contributed by atoms with Crippen LogP contribution in [0.15, 0.2) is 32.9 Å². The van der Waals surface area contributed by atoms with Crippen molar-refractivity contribution in [3.63, 3.8) is 0 Å². The summed E-state index contributed by atoms with van der Waals surface area (Å²) < 4.78 is 4.25. The smallest absolute Gasteiger partial charge is 0.297 e. The van der Waals surface area contributed by atoms with E-state index in [1.165, 1.54) is 4.57 Å². The van der Waals surface area contributed by atoms with Gasteiger partial charge in [0.1, 0.15) is 0 Å². The van der Waals surface area contributed by atoms with E-state index < -0.39 is 11.2 Å². The van der Waals surface area contributed by atoms with Gasteiger partial charge < -0.3 is 0 Å². The van der Waals surface area contributed by atoms with Crippen LogP contribution in [0.4, 0.5) is 5.95 Å². The van der Waals surface area contributed by atoms with Crippen LogP contribution in [0.5, 0.6) is 0 Å². The van der Waals surface area contributed by atoms with Crippen molar-refractivity contribution >= 4 is 46.0 Å². The highest BCUT2D eigenvalue weighted by Gasteiger charge is 2.22. The lowest BCUT2D eigenvalue weighted by Crippen LogP contribution is -2.40. The Morgan fingerprint density at radius 2 is 2.00 bits per heavy atom. The Balaban J connectivity index is 1.93. The summed E-state index contributed by atoms with van der Waals surface area (Å²) in [4.78, 5) is 30.1. The van der Waals surface area contributed by atoms with E-state index in [-0.39, 0.29) is 6.54 Å². The fourth-order valence-electron chi connectivity index (χ4n) is 2.98. The number of hydrazone groups is 1. The Kier molecular flexibility index (Phi) is 3.89. The second kappa shape index (κ2) is 6.00. The van der Waals surface area contributed by atoms with Gasteiger partial charge in [0.25, 0.3) is 5.56 Å². The molecule has 0 bridgehead atoms. The molecule has 0 saturated carbocycles. The van der Waals surface area contributed by atoms with Crippen molar-refractivity contribution in [1.82, 2.24) is 18.7 Å². The lowest BCUT2D eigenvalue weighted by Gasteiger charge is -2.14. The van der Waals surface area contributed by atoms with Crippen molar-refractivity contribution in [3.8, 4) is 0 Å². The summed E-state index contributed by atoms with van der Waals surface area (Å²) in [5.74, 6) is 0.435. The largest absolute Gasteiger partial charge is 0.332 e. The van der Waals surface area contributed by atoms with Gasteiger partial charge in [0.15, 0.2) is 11.2 Å². The summed E-state index contributed by atoms with van der Waals surface area (Å²) >= 11 is 12.0. The van der Waals surface area contributed by atoms with Gasteiger partial charge in [0, 0.05) is 7.05 Å². The minimum atomic E-state index is -0.457. The zero-order chi connectivity index (χ0) is 18.6. The molecule has 0 fully saturated rings. The molecule has 0 aliphatic carbocycles. The van der Waals surface area contributed by atoms with Gasteiger partial charge in [0.2, 0.25) is 5.95 Å². The lowest BCUT2D eigenvalue weighted by molar-refractivity contribution is 0.654. The van der Waals surface area contributed by atoms with E-state index in [1.807, 2.05) is 6.92 Å². The molecule has 0 spiro atoms. The van der Waals surface area contributed by atoms with Crippen molar-refractivity contribution in [1.29, 1.82) is 0 Å². The first-order valence-electron chi connectivity index (χ1n) is 7.80. The second-order valence-corrected chi connectivity index (χ2v) is 6.95. The molecule has 26 heavy (non-hydrogen) atoms. The zero-order valence-corrected chi connectivity index (χ0v) is 15.5. The fourth-order valence-corrected chi connectivity index (χ4v) is 3.30. The summed E-state index contributed by atoms with van der Waals surface area (Å²) in [6.45, 7) is 2.36. The third-order valence-corrected chi connectivity index (χ3v) is 5.03. The lowest BCUT2D eigenvalue weighted by atomic mass is 10.2. The summed E-state index contributed by atoms with van der Waals surface area (Å²) in [5, 5.41) is 4.90. The van der Waals surface area contributed by atoms with E-state index in [0.717, 1.165) is 10.3 Å². The molecule has 1 aliphatic heterocycles. The van der Waals surface area contributed by atoms with E-state index in [9.17, 15) is 9.59 Å². The number of hydrogen-bond donors (Lipinski definition) is 1. The molecule has 3 heterocycles. The Morgan fingerprint density at radius 1 is 1.23 bits per heavy atom. The summed E-state index contributed by atoms with van der Waals surface area (Å²) in [5.41, 5.74) is 4.11. The summed E-state index contributed by atoms with van der Waals surface area (Å²) in [7, 11) is 1.59. The average Bonchev–Trinajstić information content (AvgIpc) is 2.98. The van der Waals surface area contributed by atoms with Crippen LogP contribution in [0, 0.1) is 0 Å². The number of fused-ring (bicyclic) bond motifs is 3. The highest BCUT2D eigenvalue weighted by molar-refractivity contribution is 6.42. The van der Waals surface area contributed by atoms with Gasteiger partial charge in [-0.1, -0.05) is 29.3 Å². The second-order valence-electron chi connectivity index (χ2n) is 6.13. The summed E-state index contributed by atoms with van der Waals surface area (Å²) in [6, 6.07) is 5.01. The van der Waals surface area contributed by atoms with Crippen molar-refractivity contribution < 1.29 is 0 Å². The third-order valence-electron chi connectivity index (χ3n) is 4.29. The number of rotatable bonds is 2. The molecule has 4 rings (SSSR count). The number of benzene rings is 1. The normalized spacial score (nSPS) is 13.5. The molecule has 2 aromatic heterocycles. The van der Waals surface area contributed by atoms with Crippen LogP contribution in [-0.2, 0) is 20.1 Å². The van der Waals surface area contributed by atoms with Crippen LogP contribution in [0.25, 0.3) is 11.2 Å². The minimum Gasteiger partial charge on any atom is -0.297 e. The molecule has 1 aliphatic rings. The van der Waals surface area contributed by atoms with Gasteiger partial charge in [-0.2, -0.15) is 10.1 Å². The first-order chi connectivity index (χ1) is 12.4. The predicted molar refractivity (Wildman–Crippen MR) is 102 cm³/mol. The van der Waals surface area contributed by atoms with E-state index in [1.54, 1.807) is 29.8 Å². The Bertz CT molecular complexity index is 1200. The molecule has 0 amide bonds. The maximum absolute atomic E-state index is 13.1. The standard InChI is InChI=1S/C16H14Cl2N6O2/c1-8-6-23-12-13(19-15(23)21-20-8)22(2)16(26)24(14(12)25)7-9-3-4-10(17)11(18)5-9/h3-5H,6-7H2,1-2H3,(H,19,21). The van der Waals surface area contributed by atoms with Crippen LogP contribution in [0.2, 0.25) is 10.0 Å². The molecule has 0 radical (unpaired) electrons. The van der Waals surface area contributed by atoms with Crippen LogP contribution < -0.4 is 16.7 Å². The number of aryl methyl sites for hydroxylation is 1. The molecule has 134 valence electrons. The van der Waals surface area contributed by atoms with E-state index >= 15 is 0 Å². The van der Waals surface area contributed by atoms with Crippen LogP contribution in [0.3, 0.4) is 0 Å². The maximum atomic E-state index is 13.1. The van der Waals surface area contributed by atoms with E-state index in [4.69, 9.17) is 23.2 Å². The first kappa shape index (κ1) is 16.9. The first-order valence-corrected chi connectivity index (χ1v) is 8.55. The molecule has 1 N–H and O–H groups in total. The van der Waals surface area contributed by atoms with Gasteiger partial charge >= 0.3 is 5.69 Å². The predicted octanol–water partition coefficient (Wildman–Crippen LogP) is 2.05. The molecule has 0 saturated heterocycles. The van der Waals surface area contributed by atoms with Crippen LogP contribution >= 0.6 is 23.2 Å². The number of imidazole rings is 1. The van der Waals surface area contributed by atoms with Gasteiger partial charge in [-0.25, -0.2) is 10.2 Å². The van der Waals surface area contributed by atoms with Crippen molar-refractivity contribution in [2.75, 3.05) is 5.43 Å². The highest BCUT2D eigenvalue weighted by atomic mass is 35.5. The number of anilines is 1. The summed E-state index contributed by atoms with van der Waals surface area (Å²) in [6.07, 6.45) is 0. The van der Waals surface area contributed by atoms with Crippen LogP contribution in [0.1, 0.15) is 12.5 Å². The molecule has 3 aromatic rings. The quantitative estimate of drug-likeness (QED) is 0.722. The van der Waals surface area contributed by atoms with Crippen LogP contribution in [-0.4, -0.2) is 24.4 Å². The monoisotopic (exact) mass is 392 g/mol. The van der Waals surface area contributed by atoms with Crippen molar-refractivity contribution in [2.24, 2.45) is 12.1 Å². The molecule has 0 unspecified atom stereocenters. The fraction of sp³-hybridized carbons (Fsp3) is 0.250. The molecular formula is C16H14Cl2N6O2. The highest BCUT2D eigenvalue weighted by Crippen LogP contribution is 2.23. The molecule has 8 nitrogen and oxygen atoms in total. The van der Waals surface area contributed by atoms with Gasteiger partial charge in [-0.05, 0) is 24.6 Å². The van der Waals surface area contributed by atoms with Gasteiger partial charge in [0.05, 0.1) is 28.8 Å². The average molecular weight is 393 g/mol. The molecule has 0 atom stereocenters. The Morgan fingerprint density at radius 3 is 2.73 bits per heavy atom. The van der Waals surface area contributed by atoms with E-state index in [0.29, 0.717) is 39.3 Å². The van der Waals surface area contributed by atoms with Crippen molar-refractivity contribution in [3.05, 3.63) is 54.6 Å². The number of aromatic nitrogens is 4. The SMILES string of the molecule is CC1=NNc2nc3c(c(=O)n(Cc4ccc(Cl)c(Cl)c4)c(=O)n3C)n2C1. The van der Waals surface area contributed by atoms with Gasteiger partial charge in [-0.3, -0.25) is 18.5 Å². The van der Waals surface area contributed by atoms with Crippen molar-refractivity contribution in [2.45, 2.75) is 20.0 Å². The number of halogens is 2. The number of hydrogen-bond acceptors (Lipinski definition) is 5. The number of nitrogens with zero attached hydrogens (tertiary/aromatic N) is 5. The Hall–Kier alpha value is -2.58. The Labute approximate surface area is 157 Å². The maximum Gasteiger partial charge on any atom is 0.332 e. The van der Waals surface area contributed by atoms with E-state index in [2.05, 4.69) is 15.5 Å². The molecular weight excluding hydrogens is 379 g/mol. The van der Waals surface area contributed by atoms with Gasteiger partial charge in [-0.15, -0.1) is 0 Å². The zero-order valence-electron chi connectivity index (χ0n) is 14.0. The third kappa shape index (κ3) is 2.53. The molecule has 1 aromatic carbocycles. The molecule has 10 heteroatoms.